The van der Waals surface area contributed by atoms with Gasteiger partial charge in [0.2, 0.25) is 0 Å². The van der Waals surface area contributed by atoms with Crippen molar-refractivity contribution in [2.24, 2.45) is 0 Å². The molecule has 0 saturated heterocycles. The number of unbranched alkanes of at least 4 members (excludes halogenated alkanes) is 1. The summed E-state index contributed by atoms with van der Waals surface area (Å²) in [6.07, 6.45) is 3.05. The Bertz CT molecular complexity index is 549. The van der Waals surface area contributed by atoms with Crippen LogP contribution >= 0.6 is 0 Å². The van der Waals surface area contributed by atoms with E-state index in [1.807, 2.05) is 42.5 Å². The molecule has 0 atom stereocenters. The van der Waals surface area contributed by atoms with Crippen molar-refractivity contribution in [1.29, 1.82) is 0 Å². The number of ether oxygens (including phenoxy) is 1. The van der Waals surface area contributed by atoms with E-state index in [0.29, 0.717) is 12.1 Å². The molecule has 0 aliphatic heterocycles. The molecule has 0 spiro atoms. The quantitative estimate of drug-likeness (QED) is 0.790. The van der Waals surface area contributed by atoms with E-state index in [2.05, 4.69) is 17.4 Å². The number of rotatable bonds is 7. The number of amides is 1. The summed E-state index contributed by atoms with van der Waals surface area (Å²) in [7, 11) is 1.67. The molecule has 0 bridgehead atoms. The average Bonchev–Trinajstić information content (AvgIpc) is 2.55. The summed E-state index contributed by atoms with van der Waals surface area (Å²) in [5.41, 5.74) is 2.01. The molecule has 0 aromatic heterocycles. The van der Waals surface area contributed by atoms with Crippen LogP contribution in [0.25, 0.3) is 0 Å². The standard InChI is InChI=1S/C18H21NO2/c1-21-17-12-10-15(11-13-17)7-5-6-14-19-18(20)16-8-3-2-4-9-16/h2-4,8-13H,5-7,14H2,1H3,(H,19,20). The van der Waals surface area contributed by atoms with Crippen molar-refractivity contribution in [3.05, 3.63) is 65.7 Å². The van der Waals surface area contributed by atoms with Crippen LogP contribution in [0.5, 0.6) is 5.75 Å². The largest absolute Gasteiger partial charge is 0.497 e. The lowest BCUT2D eigenvalue weighted by Crippen LogP contribution is -2.24. The Morgan fingerprint density at radius 3 is 2.38 bits per heavy atom. The molecule has 3 nitrogen and oxygen atoms in total. The summed E-state index contributed by atoms with van der Waals surface area (Å²) >= 11 is 0. The van der Waals surface area contributed by atoms with Gasteiger partial charge < -0.3 is 10.1 Å². The Hall–Kier alpha value is -2.29. The average molecular weight is 283 g/mol. The van der Waals surface area contributed by atoms with Gasteiger partial charge >= 0.3 is 0 Å². The summed E-state index contributed by atoms with van der Waals surface area (Å²) < 4.78 is 5.13. The van der Waals surface area contributed by atoms with Crippen LogP contribution in [-0.2, 0) is 6.42 Å². The maximum Gasteiger partial charge on any atom is 0.251 e. The first-order valence-corrected chi connectivity index (χ1v) is 7.26. The van der Waals surface area contributed by atoms with Crippen LogP contribution in [0, 0.1) is 0 Å². The number of hydrogen-bond acceptors (Lipinski definition) is 2. The third kappa shape index (κ3) is 4.95. The van der Waals surface area contributed by atoms with E-state index >= 15 is 0 Å². The fourth-order valence-corrected chi connectivity index (χ4v) is 2.14. The van der Waals surface area contributed by atoms with Gasteiger partial charge in [0.25, 0.3) is 5.91 Å². The molecule has 1 N–H and O–H groups in total. The molecule has 0 unspecified atom stereocenters. The lowest BCUT2D eigenvalue weighted by Gasteiger charge is -2.06. The minimum atomic E-state index is 0.0000440. The van der Waals surface area contributed by atoms with Crippen molar-refractivity contribution in [3.8, 4) is 5.75 Å². The molecule has 0 fully saturated rings. The number of carbonyl (C=O) groups excluding carboxylic acids is 1. The Balaban J connectivity index is 1.64. The van der Waals surface area contributed by atoms with Crippen molar-refractivity contribution in [2.75, 3.05) is 13.7 Å². The van der Waals surface area contributed by atoms with Gasteiger partial charge in [-0.3, -0.25) is 4.79 Å². The van der Waals surface area contributed by atoms with Gasteiger partial charge in [-0.05, 0) is 49.1 Å². The molecule has 2 rings (SSSR count). The SMILES string of the molecule is COc1ccc(CCCCNC(=O)c2ccccc2)cc1. The Kier molecular flexibility index (Phi) is 5.83. The lowest BCUT2D eigenvalue weighted by atomic mass is 10.1. The molecular formula is C18H21NO2. The molecular weight excluding hydrogens is 262 g/mol. The highest BCUT2D eigenvalue weighted by Gasteiger charge is 2.02. The van der Waals surface area contributed by atoms with Crippen LogP contribution in [-0.4, -0.2) is 19.6 Å². The van der Waals surface area contributed by atoms with E-state index in [1.165, 1.54) is 5.56 Å². The topological polar surface area (TPSA) is 38.3 Å². The van der Waals surface area contributed by atoms with Gasteiger partial charge in [-0.25, -0.2) is 0 Å². The first-order chi connectivity index (χ1) is 10.3. The minimum Gasteiger partial charge on any atom is -0.497 e. The first-order valence-electron chi connectivity index (χ1n) is 7.26. The summed E-state index contributed by atoms with van der Waals surface area (Å²) in [6.45, 7) is 0.712. The van der Waals surface area contributed by atoms with Gasteiger partial charge in [0.05, 0.1) is 7.11 Å². The fourth-order valence-electron chi connectivity index (χ4n) is 2.14. The monoisotopic (exact) mass is 283 g/mol. The van der Waals surface area contributed by atoms with E-state index in [0.717, 1.165) is 25.0 Å². The van der Waals surface area contributed by atoms with Crippen LogP contribution in [0.1, 0.15) is 28.8 Å². The molecule has 0 radical (unpaired) electrons. The molecule has 110 valence electrons. The van der Waals surface area contributed by atoms with Crippen molar-refractivity contribution in [1.82, 2.24) is 5.32 Å². The number of aryl methyl sites for hydroxylation is 1. The van der Waals surface area contributed by atoms with E-state index < -0.39 is 0 Å². The number of hydrogen-bond donors (Lipinski definition) is 1. The van der Waals surface area contributed by atoms with Crippen molar-refractivity contribution in [3.63, 3.8) is 0 Å². The van der Waals surface area contributed by atoms with Crippen LogP contribution < -0.4 is 10.1 Å². The molecule has 2 aromatic rings. The minimum absolute atomic E-state index is 0.0000440. The van der Waals surface area contributed by atoms with Gasteiger partial charge in [-0.2, -0.15) is 0 Å². The van der Waals surface area contributed by atoms with Gasteiger partial charge in [-0.15, -0.1) is 0 Å². The Labute approximate surface area is 126 Å². The number of nitrogens with one attached hydrogen (secondary N) is 1. The second-order valence-corrected chi connectivity index (χ2v) is 4.93. The van der Waals surface area contributed by atoms with Crippen molar-refractivity contribution < 1.29 is 9.53 Å². The highest BCUT2D eigenvalue weighted by atomic mass is 16.5. The third-order valence-corrected chi connectivity index (χ3v) is 3.37. The smallest absolute Gasteiger partial charge is 0.251 e. The van der Waals surface area contributed by atoms with Gasteiger partial charge in [0.15, 0.2) is 0 Å². The van der Waals surface area contributed by atoms with Crippen LogP contribution in [0.2, 0.25) is 0 Å². The van der Waals surface area contributed by atoms with E-state index in [1.54, 1.807) is 7.11 Å². The predicted molar refractivity (Wildman–Crippen MR) is 84.7 cm³/mol. The molecule has 0 saturated carbocycles. The van der Waals surface area contributed by atoms with E-state index in [-0.39, 0.29) is 5.91 Å². The number of benzene rings is 2. The zero-order chi connectivity index (χ0) is 14.9. The fraction of sp³-hybridized carbons (Fsp3) is 0.278. The molecule has 2 aromatic carbocycles. The Morgan fingerprint density at radius 2 is 1.71 bits per heavy atom. The summed E-state index contributed by atoms with van der Waals surface area (Å²) in [4.78, 5) is 11.8. The summed E-state index contributed by atoms with van der Waals surface area (Å²) in [5, 5.41) is 2.94. The molecule has 0 aliphatic carbocycles. The zero-order valence-electron chi connectivity index (χ0n) is 12.3. The van der Waals surface area contributed by atoms with Crippen molar-refractivity contribution >= 4 is 5.91 Å². The molecule has 3 heteroatoms. The predicted octanol–water partition coefficient (Wildman–Crippen LogP) is 3.45. The number of methoxy groups -OCH3 is 1. The van der Waals surface area contributed by atoms with Crippen molar-refractivity contribution in [2.45, 2.75) is 19.3 Å². The molecule has 0 heterocycles. The number of carbonyl (C=O) groups is 1. The van der Waals surface area contributed by atoms with E-state index in [9.17, 15) is 4.79 Å². The zero-order valence-corrected chi connectivity index (χ0v) is 12.3. The maximum atomic E-state index is 11.8. The van der Waals surface area contributed by atoms with Crippen LogP contribution in [0.15, 0.2) is 54.6 Å². The van der Waals surface area contributed by atoms with Gasteiger partial charge in [0, 0.05) is 12.1 Å². The lowest BCUT2D eigenvalue weighted by molar-refractivity contribution is 0.0953. The van der Waals surface area contributed by atoms with E-state index in [4.69, 9.17) is 4.74 Å². The highest BCUT2D eigenvalue weighted by molar-refractivity contribution is 5.94. The van der Waals surface area contributed by atoms with Gasteiger partial charge in [-0.1, -0.05) is 30.3 Å². The third-order valence-electron chi connectivity index (χ3n) is 3.37. The highest BCUT2D eigenvalue weighted by Crippen LogP contribution is 2.13. The maximum absolute atomic E-state index is 11.8. The molecule has 21 heavy (non-hydrogen) atoms. The van der Waals surface area contributed by atoms with Gasteiger partial charge in [0.1, 0.15) is 5.75 Å². The molecule has 1 amide bonds. The summed E-state index contributed by atoms with van der Waals surface area (Å²) in [6, 6.07) is 17.4. The Morgan fingerprint density at radius 1 is 1.00 bits per heavy atom. The normalized spacial score (nSPS) is 10.1. The second-order valence-electron chi connectivity index (χ2n) is 4.93. The summed E-state index contributed by atoms with van der Waals surface area (Å²) in [5.74, 6) is 0.883. The molecule has 0 aliphatic rings. The second kappa shape index (κ2) is 8.10. The first kappa shape index (κ1) is 15.1. The van der Waals surface area contributed by atoms with Crippen LogP contribution in [0.4, 0.5) is 0 Å². The van der Waals surface area contributed by atoms with Crippen LogP contribution in [0.3, 0.4) is 0 Å².